The zero-order valence-electron chi connectivity index (χ0n) is 7.90. The second-order valence-electron chi connectivity index (χ2n) is 2.98. The van der Waals surface area contributed by atoms with Crippen LogP contribution >= 0.6 is 0 Å². The van der Waals surface area contributed by atoms with Crippen LogP contribution < -0.4 is 4.74 Å². The van der Waals surface area contributed by atoms with E-state index in [1.165, 1.54) is 13.2 Å². The Labute approximate surface area is 76.3 Å². The standard InChI is InChI=1S/C10H12F2O/c1-6-4-7(2)9(13-3)5-8(6)10(11)12/h4-5,10H,1-3H3. The van der Waals surface area contributed by atoms with Crippen molar-refractivity contribution in [1.29, 1.82) is 0 Å². The molecule has 72 valence electrons. The van der Waals surface area contributed by atoms with Gasteiger partial charge in [-0.25, -0.2) is 8.78 Å². The number of ether oxygens (including phenoxy) is 1. The predicted octanol–water partition coefficient (Wildman–Crippen LogP) is 3.25. The van der Waals surface area contributed by atoms with Gasteiger partial charge in [0.2, 0.25) is 0 Å². The molecule has 0 saturated heterocycles. The van der Waals surface area contributed by atoms with Crippen molar-refractivity contribution in [3.05, 3.63) is 28.8 Å². The van der Waals surface area contributed by atoms with E-state index in [1.54, 1.807) is 13.0 Å². The van der Waals surface area contributed by atoms with E-state index in [2.05, 4.69) is 0 Å². The lowest BCUT2D eigenvalue weighted by atomic mass is 10.1. The maximum absolute atomic E-state index is 12.4. The SMILES string of the molecule is COc1cc(C(F)F)c(C)cc1C. The van der Waals surface area contributed by atoms with Crippen LogP contribution in [0.3, 0.4) is 0 Å². The highest BCUT2D eigenvalue weighted by Gasteiger charge is 2.12. The number of methoxy groups -OCH3 is 1. The van der Waals surface area contributed by atoms with E-state index in [1.807, 2.05) is 6.92 Å². The molecule has 13 heavy (non-hydrogen) atoms. The molecule has 0 aromatic heterocycles. The first kappa shape index (κ1) is 9.96. The monoisotopic (exact) mass is 186 g/mol. The average Bonchev–Trinajstić information content (AvgIpc) is 2.03. The Kier molecular flexibility index (Phi) is 2.86. The van der Waals surface area contributed by atoms with Gasteiger partial charge in [0.15, 0.2) is 0 Å². The number of alkyl halides is 2. The predicted molar refractivity (Wildman–Crippen MR) is 47.4 cm³/mol. The van der Waals surface area contributed by atoms with E-state index in [9.17, 15) is 8.78 Å². The van der Waals surface area contributed by atoms with Crippen LogP contribution in [-0.2, 0) is 0 Å². The minimum absolute atomic E-state index is 0.0439. The summed E-state index contributed by atoms with van der Waals surface area (Å²) in [5.74, 6) is 0.515. The van der Waals surface area contributed by atoms with Crippen LogP contribution in [0.25, 0.3) is 0 Å². The first-order chi connectivity index (χ1) is 6.06. The molecule has 0 aliphatic carbocycles. The van der Waals surface area contributed by atoms with Gasteiger partial charge in [0.05, 0.1) is 7.11 Å². The molecule has 0 fully saturated rings. The third-order valence-electron chi connectivity index (χ3n) is 2.02. The Morgan fingerprint density at radius 1 is 1.15 bits per heavy atom. The maximum atomic E-state index is 12.4. The Balaban J connectivity index is 3.22. The number of rotatable bonds is 2. The van der Waals surface area contributed by atoms with E-state index >= 15 is 0 Å². The van der Waals surface area contributed by atoms with Gasteiger partial charge < -0.3 is 4.74 Å². The molecule has 0 unspecified atom stereocenters. The second kappa shape index (κ2) is 3.73. The number of hydrogen-bond acceptors (Lipinski definition) is 1. The zero-order valence-corrected chi connectivity index (χ0v) is 7.90. The van der Waals surface area contributed by atoms with Crippen LogP contribution in [0.5, 0.6) is 5.75 Å². The summed E-state index contributed by atoms with van der Waals surface area (Å²) in [6.45, 7) is 3.51. The fourth-order valence-corrected chi connectivity index (χ4v) is 1.30. The van der Waals surface area contributed by atoms with Crippen molar-refractivity contribution in [1.82, 2.24) is 0 Å². The highest BCUT2D eigenvalue weighted by molar-refractivity contribution is 5.41. The lowest BCUT2D eigenvalue weighted by Crippen LogP contribution is -1.94. The number of benzene rings is 1. The maximum Gasteiger partial charge on any atom is 0.264 e. The third kappa shape index (κ3) is 1.97. The molecule has 0 radical (unpaired) electrons. The van der Waals surface area contributed by atoms with Gasteiger partial charge in [0, 0.05) is 5.56 Å². The normalized spacial score (nSPS) is 10.6. The fraction of sp³-hybridized carbons (Fsp3) is 0.400. The Morgan fingerprint density at radius 3 is 2.23 bits per heavy atom. The van der Waals surface area contributed by atoms with Crippen molar-refractivity contribution in [2.45, 2.75) is 20.3 Å². The fourth-order valence-electron chi connectivity index (χ4n) is 1.30. The molecular weight excluding hydrogens is 174 g/mol. The lowest BCUT2D eigenvalue weighted by molar-refractivity contribution is 0.150. The van der Waals surface area contributed by atoms with E-state index in [-0.39, 0.29) is 5.56 Å². The smallest absolute Gasteiger partial charge is 0.264 e. The van der Waals surface area contributed by atoms with Crippen molar-refractivity contribution < 1.29 is 13.5 Å². The van der Waals surface area contributed by atoms with Crippen LogP contribution in [0.15, 0.2) is 12.1 Å². The molecule has 0 spiro atoms. The number of hydrogen-bond donors (Lipinski definition) is 0. The van der Waals surface area contributed by atoms with Crippen molar-refractivity contribution in [3.8, 4) is 5.75 Å². The summed E-state index contributed by atoms with van der Waals surface area (Å²) in [4.78, 5) is 0. The third-order valence-corrected chi connectivity index (χ3v) is 2.02. The van der Waals surface area contributed by atoms with Gasteiger partial charge in [-0.15, -0.1) is 0 Å². The Morgan fingerprint density at radius 2 is 1.77 bits per heavy atom. The summed E-state index contributed by atoms with van der Waals surface area (Å²) >= 11 is 0. The van der Waals surface area contributed by atoms with Gasteiger partial charge in [-0.05, 0) is 31.0 Å². The summed E-state index contributed by atoms with van der Waals surface area (Å²) in [6.07, 6.45) is -2.44. The minimum Gasteiger partial charge on any atom is -0.496 e. The van der Waals surface area contributed by atoms with Crippen LogP contribution in [0, 0.1) is 13.8 Å². The molecule has 0 amide bonds. The molecule has 1 rings (SSSR count). The Bertz CT molecular complexity index is 308. The van der Waals surface area contributed by atoms with Crippen LogP contribution in [0.2, 0.25) is 0 Å². The van der Waals surface area contributed by atoms with Gasteiger partial charge >= 0.3 is 0 Å². The molecule has 0 saturated carbocycles. The van der Waals surface area contributed by atoms with Crippen LogP contribution in [0.4, 0.5) is 8.78 Å². The Hall–Kier alpha value is -1.12. The van der Waals surface area contributed by atoms with Crippen molar-refractivity contribution in [2.75, 3.05) is 7.11 Å². The van der Waals surface area contributed by atoms with E-state index in [0.29, 0.717) is 11.3 Å². The molecule has 1 nitrogen and oxygen atoms in total. The largest absolute Gasteiger partial charge is 0.496 e. The van der Waals surface area contributed by atoms with E-state index in [4.69, 9.17) is 4.74 Å². The topological polar surface area (TPSA) is 9.23 Å². The highest BCUT2D eigenvalue weighted by Crippen LogP contribution is 2.29. The molecule has 0 aliphatic heterocycles. The van der Waals surface area contributed by atoms with E-state index in [0.717, 1.165) is 5.56 Å². The van der Waals surface area contributed by atoms with Gasteiger partial charge in [0.1, 0.15) is 5.75 Å². The van der Waals surface area contributed by atoms with Crippen molar-refractivity contribution >= 4 is 0 Å². The van der Waals surface area contributed by atoms with Gasteiger partial charge in [-0.2, -0.15) is 0 Å². The van der Waals surface area contributed by atoms with Gasteiger partial charge in [0.25, 0.3) is 6.43 Å². The van der Waals surface area contributed by atoms with Crippen LogP contribution in [-0.4, -0.2) is 7.11 Å². The van der Waals surface area contributed by atoms with Crippen LogP contribution in [0.1, 0.15) is 23.1 Å². The zero-order chi connectivity index (χ0) is 10.0. The van der Waals surface area contributed by atoms with Gasteiger partial charge in [-0.3, -0.25) is 0 Å². The van der Waals surface area contributed by atoms with Crippen molar-refractivity contribution in [2.24, 2.45) is 0 Å². The number of halogens is 2. The van der Waals surface area contributed by atoms with Crippen molar-refractivity contribution in [3.63, 3.8) is 0 Å². The minimum atomic E-state index is -2.44. The molecule has 0 aliphatic rings. The molecule has 3 heteroatoms. The summed E-state index contributed by atoms with van der Waals surface area (Å²) < 4.78 is 29.8. The molecule has 0 atom stereocenters. The molecule has 0 bridgehead atoms. The average molecular weight is 186 g/mol. The highest BCUT2D eigenvalue weighted by atomic mass is 19.3. The quantitative estimate of drug-likeness (QED) is 0.688. The summed E-state index contributed by atoms with van der Waals surface area (Å²) in [5.41, 5.74) is 1.53. The molecule has 0 N–H and O–H groups in total. The molecule has 1 aromatic rings. The first-order valence-electron chi connectivity index (χ1n) is 3.99. The molecule has 1 aromatic carbocycles. The summed E-state index contributed by atoms with van der Waals surface area (Å²) in [7, 11) is 1.48. The molecule has 0 heterocycles. The van der Waals surface area contributed by atoms with E-state index < -0.39 is 6.43 Å². The summed E-state index contributed by atoms with van der Waals surface area (Å²) in [6, 6.07) is 3.11. The summed E-state index contributed by atoms with van der Waals surface area (Å²) in [5, 5.41) is 0. The lowest BCUT2D eigenvalue weighted by Gasteiger charge is -2.10. The number of aryl methyl sites for hydroxylation is 2. The van der Waals surface area contributed by atoms with Gasteiger partial charge in [-0.1, -0.05) is 6.07 Å². The first-order valence-corrected chi connectivity index (χ1v) is 3.99. The second-order valence-corrected chi connectivity index (χ2v) is 2.98. The molecular formula is C10H12F2O.